The van der Waals surface area contributed by atoms with E-state index in [0.717, 1.165) is 36.4 Å². The van der Waals surface area contributed by atoms with Gasteiger partial charge in [0.15, 0.2) is 6.61 Å². The van der Waals surface area contributed by atoms with Gasteiger partial charge in [0.1, 0.15) is 5.75 Å². The van der Waals surface area contributed by atoms with E-state index in [9.17, 15) is 4.79 Å². The van der Waals surface area contributed by atoms with Gasteiger partial charge in [-0.1, -0.05) is 38.8 Å². The molecule has 0 bridgehead atoms. The number of hydrogen-bond acceptors (Lipinski definition) is 3. The average Bonchev–Trinajstić information content (AvgIpc) is 2.85. The number of amides is 1. The molecule has 0 atom stereocenters. The van der Waals surface area contributed by atoms with Crippen LogP contribution in [0.1, 0.15) is 63.0 Å². The van der Waals surface area contributed by atoms with Crippen molar-refractivity contribution < 1.29 is 9.53 Å². The van der Waals surface area contributed by atoms with Gasteiger partial charge in [-0.3, -0.25) is 4.79 Å². The molecule has 0 aliphatic carbocycles. The Bertz CT molecular complexity index is 535. The second-order valence-corrected chi connectivity index (χ2v) is 7.44. The number of carbonyl (C=O) groups is 1. The van der Waals surface area contributed by atoms with Gasteiger partial charge in [0.25, 0.3) is 5.91 Å². The minimum absolute atomic E-state index is 0.0351. The van der Waals surface area contributed by atoms with E-state index in [0.29, 0.717) is 5.92 Å². The van der Waals surface area contributed by atoms with Gasteiger partial charge in [0.05, 0.1) is 0 Å². The Morgan fingerprint density at radius 2 is 1.92 bits per heavy atom. The van der Waals surface area contributed by atoms with Gasteiger partial charge in [0, 0.05) is 6.54 Å². The molecule has 1 N–H and O–H groups in total. The molecule has 2 rings (SSSR count). The maximum atomic E-state index is 12.0. The molecule has 1 amide bonds. The lowest BCUT2D eigenvalue weighted by atomic mass is 10.0. The van der Waals surface area contributed by atoms with Crippen LogP contribution in [0.4, 0.5) is 0 Å². The number of ether oxygens (including phenoxy) is 1. The molecule has 0 saturated carbocycles. The van der Waals surface area contributed by atoms with Crippen molar-refractivity contribution in [3.8, 4) is 5.75 Å². The molecule has 1 aliphatic heterocycles. The summed E-state index contributed by atoms with van der Waals surface area (Å²) in [6.07, 6.45) is 6.36. The second-order valence-electron chi connectivity index (χ2n) is 7.44. The van der Waals surface area contributed by atoms with Crippen LogP contribution in [0.15, 0.2) is 18.2 Å². The highest BCUT2D eigenvalue weighted by Crippen LogP contribution is 2.27. The SMILES string of the molecule is Cc1ccc(C(C)C)c(OCC(=O)NCCCN2CCCCCC2)c1. The highest BCUT2D eigenvalue weighted by atomic mass is 16.5. The quantitative estimate of drug-likeness (QED) is 0.726. The second kappa shape index (κ2) is 10.4. The topological polar surface area (TPSA) is 41.6 Å². The molecule has 0 radical (unpaired) electrons. The van der Waals surface area contributed by atoms with Crippen molar-refractivity contribution in [3.63, 3.8) is 0 Å². The largest absolute Gasteiger partial charge is 0.483 e. The van der Waals surface area contributed by atoms with Gasteiger partial charge in [-0.05, 0) is 68.9 Å². The van der Waals surface area contributed by atoms with E-state index in [1.54, 1.807) is 0 Å². The number of likely N-dealkylation sites (tertiary alicyclic amines) is 1. The number of aryl methyl sites for hydroxylation is 1. The van der Waals surface area contributed by atoms with Crippen LogP contribution in [0.25, 0.3) is 0 Å². The van der Waals surface area contributed by atoms with E-state index >= 15 is 0 Å². The third kappa shape index (κ3) is 7.07. The molecular weight excluding hydrogens is 312 g/mol. The molecule has 1 aromatic carbocycles. The zero-order chi connectivity index (χ0) is 18.1. The molecular formula is C21H34N2O2. The van der Waals surface area contributed by atoms with Crippen molar-refractivity contribution in [2.45, 2.75) is 58.8 Å². The number of nitrogens with zero attached hydrogens (tertiary/aromatic N) is 1. The molecule has 0 unspecified atom stereocenters. The average molecular weight is 347 g/mol. The summed E-state index contributed by atoms with van der Waals surface area (Å²) in [5, 5.41) is 2.98. The standard InChI is InChI=1S/C21H34N2O2/c1-17(2)19-10-9-18(3)15-20(19)25-16-21(24)22-11-8-14-23-12-6-4-5-7-13-23/h9-10,15,17H,4-8,11-14,16H2,1-3H3,(H,22,24). The van der Waals surface area contributed by atoms with E-state index in [2.05, 4.69) is 36.2 Å². The first-order valence-electron chi connectivity index (χ1n) is 9.78. The number of carbonyl (C=O) groups excluding carboxylic acids is 1. The van der Waals surface area contributed by atoms with Crippen LogP contribution in [0.3, 0.4) is 0 Å². The maximum absolute atomic E-state index is 12.0. The summed E-state index contributed by atoms with van der Waals surface area (Å²) in [5.74, 6) is 1.18. The van der Waals surface area contributed by atoms with Crippen LogP contribution in [0, 0.1) is 6.92 Å². The van der Waals surface area contributed by atoms with Gasteiger partial charge >= 0.3 is 0 Å². The van der Waals surface area contributed by atoms with Crippen molar-refractivity contribution in [2.24, 2.45) is 0 Å². The Balaban J connectivity index is 1.68. The third-order valence-electron chi connectivity index (χ3n) is 4.82. The zero-order valence-corrected chi connectivity index (χ0v) is 16.1. The molecule has 0 aromatic heterocycles. The lowest BCUT2D eigenvalue weighted by Gasteiger charge is -2.19. The highest BCUT2D eigenvalue weighted by Gasteiger charge is 2.11. The molecule has 1 aliphatic rings. The maximum Gasteiger partial charge on any atom is 0.257 e. The number of nitrogens with one attached hydrogen (secondary N) is 1. The van der Waals surface area contributed by atoms with Crippen LogP contribution in [0.2, 0.25) is 0 Å². The summed E-state index contributed by atoms with van der Waals surface area (Å²) >= 11 is 0. The van der Waals surface area contributed by atoms with E-state index in [1.165, 1.54) is 38.8 Å². The summed E-state index contributed by atoms with van der Waals surface area (Å²) in [4.78, 5) is 14.6. The Morgan fingerprint density at radius 1 is 1.20 bits per heavy atom. The van der Waals surface area contributed by atoms with Crippen LogP contribution in [0.5, 0.6) is 5.75 Å². The van der Waals surface area contributed by atoms with Crippen molar-refractivity contribution >= 4 is 5.91 Å². The first kappa shape index (κ1) is 19.8. The smallest absolute Gasteiger partial charge is 0.257 e. The lowest BCUT2D eigenvalue weighted by Crippen LogP contribution is -2.33. The fourth-order valence-electron chi connectivity index (χ4n) is 3.33. The minimum atomic E-state index is -0.0351. The first-order chi connectivity index (χ1) is 12.1. The number of hydrogen-bond donors (Lipinski definition) is 1. The summed E-state index contributed by atoms with van der Waals surface area (Å²) < 4.78 is 5.78. The zero-order valence-electron chi connectivity index (χ0n) is 16.1. The van der Waals surface area contributed by atoms with Gasteiger partial charge in [-0.2, -0.15) is 0 Å². The van der Waals surface area contributed by atoms with Gasteiger partial charge in [0.2, 0.25) is 0 Å². The number of rotatable bonds is 8. The molecule has 0 spiro atoms. The Morgan fingerprint density at radius 3 is 2.60 bits per heavy atom. The van der Waals surface area contributed by atoms with E-state index in [4.69, 9.17) is 4.74 Å². The molecule has 1 saturated heterocycles. The Hall–Kier alpha value is -1.55. The normalized spacial score (nSPS) is 15.8. The molecule has 4 nitrogen and oxygen atoms in total. The molecule has 1 heterocycles. The van der Waals surface area contributed by atoms with E-state index < -0.39 is 0 Å². The monoisotopic (exact) mass is 346 g/mol. The molecule has 4 heteroatoms. The minimum Gasteiger partial charge on any atom is -0.483 e. The van der Waals surface area contributed by atoms with Crippen LogP contribution >= 0.6 is 0 Å². The number of benzene rings is 1. The van der Waals surface area contributed by atoms with Crippen LogP contribution < -0.4 is 10.1 Å². The van der Waals surface area contributed by atoms with Gasteiger partial charge in [-0.15, -0.1) is 0 Å². The Kier molecular flexibility index (Phi) is 8.26. The van der Waals surface area contributed by atoms with Gasteiger partial charge < -0.3 is 15.0 Å². The van der Waals surface area contributed by atoms with Crippen molar-refractivity contribution in [1.82, 2.24) is 10.2 Å². The predicted octanol–water partition coefficient (Wildman–Crippen LogP) is 3.88. The van der Waals surface area contributed by atoms with Crippen LogP contribution in [-0.4, -0.2) is 43.6 Å². The molecule has 140 valence electrons. The molecule has 1 fully saturated rings. The summed E-state index contributed by atoms with van der Waals surface area (Å²) in [6, 6.07) is 6.20. The fourth-order valence-corrected chi connectivity index (χ4v) is 3.33. The van der Waals surface area contributed by atoms with Crippen molar-refractivity contribution in [3.05, 3.63) is 29.3 Å². The molecule has 25 heavy (non-hydrogen) atoms. The van der Waals surface area contributed by atoms with Gasteiger partial charge in [-0.25, -0.2) is 0 Å². The van der Waals surface area contributed by atoms with E-state index in [1.807, 2.05) is 13.0 Å². The van der Waals surface area contributed by atoms with Crippen molar-refractivity contribution in [2.75, 3.05) is 32.8 Å². The summed E-state index contributed by atoms with van der Waals surface area (Å²) in [5.41, 5.74) is 2.30. The predicted molar refractivity (Wildman–Crippen MR) is 103 cm³/mol. The highest BCUT2D eigenvalue weighted by molar-refractivity contribution is 5.77. The van der Waals surface area contributed by atoms with E-state index in [-0.39, 0.29) is 12.5 Å². The Labute approximate surface area is 152 Å². The fraction of sp³-hybridized carbons (Fsp3) is 0.667. The molecule has 1 aromatic rings. The van der Waals surface area contributed by atoms with Crippen molar-refractivity contribution in [1.29, 1.82) is 0 Å². The summed E-state index contributed by atoms with van der Waals surface area (Å²) in [7, 11) is 0. The first-order valence-corrected chi connectivity index (χ1v) is 9.78. The lowest BCUT2D eigenvalue weighted by molar-refractivity contribution is -0.123. The van der Waals surface area contributed by atoms with Crippen LogP contribution in [-0.2, 0) is 4.79 Å². The summed E-state index contributed by atoms with van der Waals surface area (Å²) in [6.45, 7) is 10.6. The third-order valence-corrected chi connectivity index (χ3v) is 4.82.